The molecule has 34 heavy (non-hydrogen) atoms. The van der Waals surface area contributed by atoms with Crippen molar-refractivity contribution < 1.29 is 4.57 Å². The lowest BCUT2D eigenvalue weighted by Gasteiger charge is -2.17. The van der Waals surface area contributed by atoms with Crippen molar-refractivity contribution in [2.75, 3.05) is 0 Å². The number of hydrogen-bond donors (Lipinski definition) is 0. The molecule has 0 N–H and O–H groups in total. The van der Waals surface area contributed by atoms with Crippen LogP contribution in [-0.4, -0.2) is 4.40 Å². The van der Waals surface area contributed by atoms with E-state index in [1.165, 1.54) is 96.9 Å². The highest BCUT2D eigenvalue weighted by molar-refractivity contribution is 6.26. The van der Waals surface area contributed by atoms with Gasteiger partial charge in [-0.05, 0) is 84.4 Å². The summed E-state index contributed by atoms with van der Waals surface area (Å²) < 4.78 is 4.97. The minimum atomic E-state index is 0.511. The van der Waals surface area contributed by atoms with E-state index in [4.69, 9.17) is 0 Å². The molecule has 7 rings (SSSR count). The van der Waals surface area contributed by atoms with E-state index in [1.807, 2.05) is 0 Å². The van der Waals surface area contributed by atoms with Crippen LogP contribution in [0.15, 0.2) is 48.7 Å². The molecule has 6 aromatic rings. The van der Waals surface area contributed by atoms with E-state index in [1.54, 1.807) is 0 Å². The van der Waals surface area contributed by atoms with Crippen LogP contribution in [0.4, 0.5) is 0 Å². The van der Waals surface area contributed by atoms with E-state index in [0.717, 1.165) is 0 Å². The predicted molar refractivity (Wildman–Crippen MR) is 145 cm³/mol. The molecule has 3 heterocycles. The Hall–Kier alpha value is -3.13. The van der Waals surface area contributed by atoms with E-state index < -0.39 is 0 Å². The molecule has 0 radical (unpaired) electrons. The average molecular weight is 446 g/mol. The predicted octanol–water partition coefficient (Wildman–Crippen LogP) is 8.21. The van der Waals surface area contributed by atoms with Gasteiger partial charge in [0.1, 0.15) is 7.05 Å². The molecule has 170 valence electrons. The van der Waals surface area contributed by atoms with E-state index in [-0.39, 0.29) is 0 Å². The summed E-state index contributed by atoms with van der Waals surface area (Å²) in [5, 5.41) is 6.96. The summed E-state index contributed by atoms with van der Waals surface area (Å²) in [6, 6.07) is 17.0. The molecule has 1 saturated carbocycles. The fourth-order valence-electron chi connectivity index (χ4n) is 6.80. The molecule has 0 aliphatic heterocycles. The molecule has 2 heteroatoms. The molecule has 0 unspecified atom stereocenters. The quantitative estimate of drug-likeness (QED) is 0.144. The number of fused-ring (bicyclic) bond motifs is 5. The molecule has 0 amide bonds. The molecule has 3 aromatic heterocycles. The first kappa shape index (κ1) is 20.3. The fraction of sp³-hybridized carbons (Fsp3) is 0.344. The summed E-state index contributed by atoms with van der Waals surface area (Å²) in [4.78, 5) is 0. The van der Waals surface area contributed by atoms with Crippen LogP contribution in [0.1, 0.15) is 73.6 Å². The maximum absolute atomic E-state index is 2.62. The second-order valence-corrected chi connectivity index (χ2v) is 11.1. The van der Waals surface area contributed by atoms with Crippen LogP contribution in [0.3, 0.4) is 0 Å². The number of benzene rings is 3. The third-order valence-corrected chi connectivity index (χ3v) is 8.80. The summed E-state index contributed by atoms with van der Waals surface area (Å²) in [6.07, 6.45) is 7.65. The van der Waals surface area contributed by atoms with Gasteiger partial charge >= 0.3 is 0 Å². The van der Waals surface area contributed by atoms with Gasteiger partial charge in [-0.2, -0.15) is 0 Å². The van der Waals surface area contributed by atoms with Crippen molar-refractivity contribution in [3.63, 3.8) is 0 Å². The van der Waals surface area contributed by atoms with Crippen molar-refractivity contribution >= 4 is 49.0 Å². The third-order valence-electron chi connectivity index (χ3n) is 8.80. The monoisotopic (exact) mass is 445 g/mol. The molecular formula is C32H33N2+. The van der Waals surface area contributed by atoms with Crippen molar-refractivity contribution in [1.82, 2.24) is 4.40 Å². The zero-order valence-electron chi connectivity index (χ0n) is 21.0. The molecule has 1 aliphatic rings. The van der Waals surface area contributed by atoms with Crippen LogP contribution >= 0.6 is 0 Å². The molecule has 0 saturated heterocycles. The van der Waals surface area contributed by atoms with Gasteiger partial charge in [-0.1, -0.05) is 44.9 Å². The molecule has 3 aromatic carbocycles. The Morgan fingerprint density at radius 1 is 0.882 bits per heavy atom. The van der Waals surface area contributed by atoms with E-state index in [2.05, 4.69) is 92.4 Å². The lowest BCUT2D eigenvalue weighted by molar-refractivity contribution is -0.643. The molecule has 1 fully saturated rings. The van der Waals surface area contributed by atoms with E-state index in [0.29, 0.717) is 11.8 Å². The van der Waals surface area contributed by atoms with Crippen molar-refractivity contribution in [2.45, 2.75) is 65.2 Å². The SMILES string of the molecule is Cc1cc2c3ccc(C(C)C)cc3n3c4cc(C5CCCC5)cc5cc[n+](C)c(c(c1C)c23)c54. The van der Waals surface area contributed by atoms with Gasteiger partial charge in [0, 0.05) is 16.8 Å². The standard InChI is InChI=1S/C32H33N2/c1-18(2)22-10-11-25-26-14-19(3)20(4)29-31(26)34(27(25)16-22)28-17-24(21-8-6-7-9-21)15-23-12-13-33(5)32(29)30(23)28/h10-18,21H,6-9H2,1-5H3/q+1. The van der Waals surface area contributed by atoms with Crippen molar-refractivity contribution in [1.29, 1.82) is 0 Å². The number of rotatable bonds is 2. The van der Waals surface area contributed by atoms with Gasteiger partial charge in [-0.3, -0.25) is 0 Å². The van der Waals surface area contributed by atoms with Crippen LogP contribution in [0.2, 0.25) is 0 Å². The number of pyridine rings is 2. The number of nitrogens with zero attached hydrogens (tertiary/aromatic N) is 2. The Bertz CT molecular complexity index is 1760. The van der Waals surface area contributed by atoms with Gasteiger partial charge in [0.25, 0.3) is 0 Å². The van der Waals surface area contributed by atoms with E-state index >= 15 is 0 Å². The smallest absolute Gasteiger partial charge is 0.224 e. The molecule has 2 nitrogen and oxygen atoms in total. The highest BCUT2D eigenvalue weighted by Gasteiger charge is 2.26. The minimum absolute atomic E-state index is 0.511. The highest BCUT2D eigenvalue weighted by atomic mass is 15.0. The van der Waals surface area contributed by atoms with E-state index in [9.17, 15) is 0 Å². The normalized spacial score (nSPS) is 15.5. The van der Waals surface area contributed by atoms with Crippen LogP contribution < -0.4 is 4.57 Å². The Labute approximate surface area is 201 Å². The molecule has 1 aliphatic carbocycles. The summed E-state index contributed by atoms with van der Waals surface area (Å²) in [6.45, 7) is 9.18. The first-order valence-electron chi connectivity index (χ1n) is 13.0. The summed E-state index contributed by atoms with van der Waals surface area (Å²) in [7, 11) is 2.21. The second kappa shape index (κ2) is 6.95. The molecular weight excluding hydrogens is 412 g/mol. The zero-order valence-corrected chi connectivity index (χ0v) is 21.0. The topological polar surface area (TPSA) is 8.29 Å². The largest absolute Gasteiger partial charge is 0.307 e. The van der Waals surface area contributed by atoms with Crippen molar-refractivity contribution in [3.8, 4) is 0 Å². The highest BCUT2D eigenvalue weighted by Crippen LogP contribution is 2.44. The lowest BCUT2D eigenvalue weighted by atomic mass is 9.92. The fourth-order valence-corrected chi connectivity index (χ4v) is 6.80. The van der Waals surface area contributed by atoms with Crippen LogP contribution in [0.5, 0.6) is 0 Å². The van der Waals surface area contributed by atoms with Gasteiger partial charge in [0.05, 0.1) is 27.3 Å². The number of aromatic nitrogens is 2. The van der Waals surface area contributed by atoms with Crippen molar-refractivity contribution in [2.24, 2.45) is 7.05 Å². The Morgan fingerprint density at radius 3 is 2.44 bits per heavy atom. The molecule has 0 bridgehead atoms. The van der Waals surface area contributed by atoms with Gasteiger partial charge < -0.3 is 4.40 Å². The lowest BCUT2D eigenvalue weighted by Crippen LogP contribution is -2.29. The molecule has 0 spiro atoms. The summed E-state index contributed by atoms with van der Waals surface area (Å²) in [5.74, 6) is 1.21. The van der Waals surface area contributed by atoms with Gasteiger partial charge in [0.15, 0.2) is 6.20 Å². The van der Waals surface area contributed by atoms with Gasteiger partial charge in [-0.15, -0.1) is 0 Å². The first-order chi connectivity index (χ1) is 16.4. The summed E-state index contributed by atoms with van der Waals surface area (Å²) in [5.41, 5.74) is 11.2. The maximum Gasteiger partial charge on any atom is 0.224 e. The number of aryl methyl sites for hydroxylation is 3. The van der Waals surface area contributed by atoms with Gasteiger partial charge in [-0.25, -0.2) is 4.57 Å². The second-order valence-electron chi connectivity index (χ2n) is 11.1. The Morgan fingerprint density at radius 2 is 1.68 bits per heavy atom. The minimum Gasteiger partial charge on any atom is -0.307 e. The Balaban J connectivity index is 1.81. The average Bonchev–Trinajstić information content (AvgIpc) is 3.47. The summed E-state index contributed by atoms with van der Waals surface area (Å²) >= 11 is 0. The number of hydrogen-bond acceptors (Lipinski definition) is 0. The van der Waals surface area contributed by atoms with Crippen LogP contribution in [0, 0.1) is 13.8 Å². The van der Waals surface area contributed by atoms with Gasteiger partial charge in [0.2, 0.25) is 5.52 Å². The third kappa shape index (κ3) is 2.54. The Kier molecular flexibility index (Phi) is 4.14. The van der Waals surface area contributed by atoms with Crippen molar-refractivity contribution in [3.05, 3.63) is 70.9 Å². The maximum atomic E-state index is 2.62. The zero-order chi connectivity index (χ0) is 23.3. The first-order valence-corrected chi connectivity index (χ1v) is 13.0. The molecule has 0 atom stereocenters. The van der Waals surface area contributed by atoms with Crippen LogP contribution in [0.25, 0.3) is 49.0 Å². The van der Waals surface area contributed by atoms with Crippen LogP contribution in [-0.2, 0) is 7.05 Å².